The predicted molar refractivity (Wildman–Crippen MR) is 106 cm³/mol. The first kappa shape index (κ1) is 22.4. The Morgan fingerprint density at radius 3 is 2.29 bits per heavy atom. The van der Waals surface area contributed by atoms with Gasteiger partial charge in [-0.2, -0.15) is 4.31 Å². The number of piperidine rings is 1. The summed E-state index contributed by atoms with van der Waals surface area (Å²) in [5.41, 5.74) is 0.320. The zero-order valence-electron chi connectivity index (χ0n) is 16.9. The van der Waals surface area contributed by atoms with Crippen molar-refractivity contribution < 1.29 is 22.7 Å². The number of carbonyl (C=O) groups is 2. The molecule has 1 amide bonds. The average molecular weight is 411 g/mol. The summed E-state index contributed by atoms with van der Waals surface area (Å²) in [7, 11) is -1.83. The fraction of sp³-hybridized carbons (Fsp3) is 0.600. The molecule has 1 aliphatic rings. The molecular formula is C20H30N2O5S. The summed E-state index contributed by atoms with van der Waals surface area (Å²) in [6.45, 7) is 5.44. The minimum atomic E-state index is -3.64. The van der Waals surface area contributed by atoms with E-state index in [2.05, 4.69) is 6.92 Å². The fourth-order valence-electron chi connectivity index (χ4n) is 3.29. The number of rotatable bonds is 8. The molecule has 8 heteroatoms. The molecule has 0 atom stereocenters. The van der Waals surface area contributed by atoms with Gasteiger partial charge >= 0.3 is 5.97 Å². The van der Waals surface area contributed by atoms with E-state index in [1.54, 1.807) is 11.8 Å². The molecule has 0 aliphatic carbocycles. The van der Waals surface area contributed by atoms with Gasteiger partial charge in [0.05, 0.1) is 17.1 Å². The lowest BCUT2D eigenvalue weighted by Gasteiger charge is -2.32. The van der Waals surface area contributed by atoms with Gasteiger partial charge in [-0.15, -0.1) is 0 Å². The van der Waals surface area contributed by atoms with Crippen molar-refractivity contribution in [3.63, 3.8) is 0 Å². The SMILES string of the molecule is CCCCN(C)C(=O)C1CCN(S(=O)(=O)c2ccc(C(=O)OCC)cc2)CC1. The van der Waals surface area contributed by atoms with Gasteiger partial charge in [0, 0.05) is 32.6 Å². The van der Waals surface area contributed by atoms with Crippen LogP contribution in [0.15, 0.2) is 29.2 Å². The summed E-state index contributed by atoms with van der Waals surface area (Å²) in [5.74, 6) is -0.498. The van der Waals surface area contributed by atoms with E-state index in [0.717, 1.165) is 19.4 Å². The van der Waals surface area contributed by atoms with Crippen LogP contribution in [0.25, 0.3) is 0 Å². The van der Waals surface area contributed by atoms with Crippen LogP contribution >= 0.6 is 0 Å². The number of amides is 1. The van der Waals surface area contributed by atoms with Gasteiger partial charge in [-0.25, -0.2) is 13.2 Å². The van der Waals surface area contributed by atoms with E-state index in [4.69, 9.17) is 4.74 Å². The van der Waals surface area contributed by atoms with Crippen LogP contribution in [0, 0.1) is 5.92 Å². The number of benzene rings is 1. The molecule has 0 unspecified atom stereocenters. The van der Waals surface area contributed by atoms with Crippen molar-refractivity contribution in [2.45, 2.75) is 44.4 Å². The quantitative estimate of drug-likeness (QED) is 0.615. The predicted octanol–water partition coefficient (Wildman–Crippen LogP) is 2.52. The third kappa shape index (κ3) is 5.32. The van der Waals surface area contributed by atoms with Crippen molar-refractivity contribution in [2.24, 2.45) is 5.92 Å². The van der Waals surface area contributed by atoms with Gasteiger partial charge in [-0.3, -0.25) is 4.79 Å². The Morgan fingerprint density at radius 1 is 1.14 bits per heavy atom. The van der Waals surface area contributed by atoms with E-state index in [-0.39, 0.29) is 23.3 Å². The van der Waals surface area contributed by atoms with Gasteiger partial charge in [-0.05, 0) is 50.5 Å². The van der Waals surface area contributed by atoms with E-state index >= 15 is 0 Å². The first-order chi connectivity index (χ1) is 13.3. The normalized spacial score (nSPS) is 16.0. The Kier molecular flexibility index (Phi) is 8.00. The molecule has 1 aromatic carbocycles. The number of sulfonamides is 1. The number of nitrogens with zero attached hydrogens (tertiary/aromatic N) is 2. The molecule has 1 heterocycles. The maximum absolute atomic E-state index is 12.9. The lowest BCUT2D eigenvalue weighted by Crippen LogP contribution is -2.43. The Bertz CT molecular complexity index is 768. The molecule has 0 bridgehead atoms. The first-order valence-corrected chi connectivity index (χ1v) is 11.3. The van der Waals surface area contributed by atoms with E-state index < -0.39 is 16.0 Å². The number of esters is 1. The largest absolute Gasteiger partial charge is 0.462 e. The number of hydrogen-bond acceptors (Lipinski definition) is 5. The Balaban J connectivity index is 1.99. The molecule has 2 rings (SSSR count). The highest BCUT2D eigenvalue weighted by Gasteiger charge is 2.33. The number of unbranched alkanes of at least 4 members (excludes halogenated alkanes) is 1. The molecule has 0 spiro atoms. The molecule has 0 N–H and O–H groups in total. The second-order valence-corrected chi connectivity index (χ2v) is 8.97. The summed E-state index contributed by atoms with van der Waals surface area (Å²) in [6, 6.07) is 5.78. The minimum Gasteiger partial charge on any atom is -0.462 e. The highest BCUT2D eigenvalue weighted by atomic mass is 32.2. The van der Waals surface area contributed by atoms with Crippen LogP contribution in [0.3, 0.4) is 0 Å². The Hall–Kier alpha value is -1.93. The lowest BCUT2D eigenvalue weighted by molar-refractivity contribution is -0.135. The van der Waals surface area contributed by atoms with Crippen molar-refractivity contribution in [2.75, 3.05) is 33.3 Å². The topological polar surface area (TPSA) is 84.0 Å². The number of ether oxygens (including phenoxy) is 1. The van der Waals surface area contributed by atoms with Crippen LogP contribution in [0.2, 0.25) is 0 Å². The monoisotopic (exact) mass is 410 g/mol. The second kappa shape index (κ2) is 10.0. The zero-order chi connectivity index (χ0) is 20.7. The summed E-state index contributed by atoms with van der Waals surface area (Å²) in [5, 5.41) is 0. The highest BCUT2D eigenvalue weighted by Crippen LogP contribution is 2.25. The van der Waals surface area contributed by atoms with Crippen LogP contribution in [0.1, 0.15) is 49.9 Å². The zero-order valence-corrected chi connectivity index (χ0v) is 17.7. The van der Waals surface area contributed by atoms with E-state index in [0.29, 0.717) is 31.5 Å². The maximum Gasteiger partial charge on any atom is 0.338 e. The van der Waals surface area contributed by atoms with Crippen LogP contribution in [-0.2, 0) is 19.6 Å². The van der Waals surface area contributed by atoms with Gasteiger partial charge in [0.1, 0.15) is 0 Å². The summed E-state index contributed by atoms with van der Waals surface area (Å²) >= 11 is 0. The molecule has 28 heavy (non-hydrogen) atoms. The molecule has 1 saturated heterocycles. The van der Waals surface area contributed by atoms with Crippen LogP contribution in [-0.4, -0.2) is 62.8 Å². The van der Waals surface area contributed by atoms with Gasteiger partial charge in [-0.1, -0.05) is 13.3 Å². The summed E-state index contributed by atoms with van der Waals surface area (Å²) in [4.78, 5) is 26.1. The lowest BCUT2D eigenvalue weighted by atomic mass is 9.96. The van der Waals surface area contributed by atoms with E-state index in [1.807, 2.05) is 7.05 Å². The summed E-state index contributed by atoms with van der Waals surface area (Å²) in [6.07, 6.45) is 3.05. The van der Waals surface area contributed by atoms with Gasteiger partial charge in [0.2, 0.25) is 15.9 Å². The fourth-order valence-corrected chi connectivity index (χ4v) is 4.76. The van der Waals surface area contributed by atoms with Gasteiger partial charge < -0.3 is 9.64 Å². The molecule has 7 nitrogen and oxygen atoms in total. The smallest absolute Gasteiger partial charge is 0.338 e. The Labute approximate surface area is 167 Å². The first-order valence-electron chi connectivity index (χ1n) is 9.83. The molecule has 156 valence electrons. The summed E-state index contributed by atoms with van der Waals surface area (Å²) < 4.78 is 32.1. The molecule has 0 saturated carbocycles. The molecule has 0 aromatic heterocycles. The van der Waals surface area contributed by atoms with E-state index in [9.17, 15) is 18.0 Å². The van der Waals surface area contributed by atoms with Crippen LogP contribution in [0.5, 0.6) is 0 Å². The Morgan fingerprint density at radius 2 is 1.75 bits per heavy atom. The molecule has 1 fully saturated rings. The third-order valence-electron chi connectivity index (χ3n) is 5.03. The highest BCUT2D eigenvalue weighted by molar-refractivity contribution is 7.89. The van der Waals surface area contributed by atoms with Crippen molar-refractivity contribution in [3.8, 4) is 0 Å². The number of hydrogen-bond donors (Lipinski definition) is 0. The van der Waals surface area contributed by atoms with Crippen molar-refractivity contribution >= 4 is 21.9 Å². The third-order valence-corrected chi connectivity index (χ3v) is 6.94. The van der Waals surface area contributed by atoms with Crippen LogP contribution < -0.4 is 0 Å². The minimum absolute atomic E-state index is 0.101. The maximum atomic E-state index is 12.9. The van der Waals surface area contributed by atoms with Crippen molar-refractivity contribution in [1.29, 1.82) is 0 Å². The average Bonchev–Trinajstić information content (AvgIpc) is 2.71. The van der Waals surface area contributed by atoms with Crippen molar-refractivity contribution in [1.82, 2.24) is 9.21 Å². The second-order valence-electron chi connectivity index (χ2n) is 7.04. The molecule has 1 aromatic rings. The van der Waals surface area contributed by atoms with Gasteiger partial charge in [0.25, 0.3) is 0 Å². The molecule has 0 radical (unpaired) electrons. The molecule has 1 aliphatic heterocycles. The van der Waals surface area contributed by atoms with Crippen LogP contribution in [0.4, 0.5) is 0 Å². The number of carbonyl (C=O) groups excluding carboxylic acids is 2. The van der Waals surface area contributed by atoms with Crippen molar-refractivity contribution in [3.05, 3.63) is 29.8 Å². The standard InChI is InChI=1S/C20H30N2O5S/c1-4-6-13-21(3)19(23)16-11-14-22(15-12-16)28(25,26)18-9-7-17(8-10-18)20(24)27-5-2/h7-10,16H,4-6,11-15H2,1-3H3. The van der Waals surface area contributed by atoms with Gasteiger partial charge in [0.15, 0.2) is 0 Å². The van der Waals surface area contributed by atoms with E-state index in [1.165, 1.54) is 28.6 Å². The molecular weight excluding hydrogens is 380 g/mol.